The van der Waals surface area contributed by atoms with Gasteiger partial charge in [0.1, 0.15) is 5.75 Å². The summed E-state index contributed by atoms with van der Waals surface area (Å²) < 4.78 is 5.22. The Labute approximate surface area is 95.8 Å². The highest BCUT2D eigenvalue weighted by Gasteiger charge is 2.31. The molecule has 0 spiro atoms. The molecule has 1 heterocycles. The molecule has 0 bridgehead atoms. The average Bonchev–Trinajstić information content (AvgIpc) is 2.33. The van der Waals surface area contributed by atoms with E-state index in [0.717, 1.165) is 12.2 Å². The third kappa shape index (κ3) is 2.03. The van der Waals surface area contributed by atoms with E-state index in [9.17, 15) is 4.79 Å². The highest BCUT2D eigenvalue weighted by atomic mass is 16.5. The van der Waals surface area contributed by atoms with E-state index < -0.39 is 0 Å². The lowest BCUT2D eigenvalue weighted by Gasteiger charge is -2.34. The maximum atomic E-state index is 11.2. The van der Waals surface area contributed by atoms with Gasteiger partial charge in [0.25, 0.3) is 0 Å². The highest BCUT2D eigenvalue weighted by molar-refractivity contribution is 5.77. The van der Waals surface area contributed by atoms with Crippen LogP contribution in [0.2, 0.25) is 0 Å². The van der Waals surface area contributed by atoms with Crippen molar-refractivity contribution < 1.29 is 9.53 Å². The molecule has 1 aromatic rings. The van der Waals surface area contributed by atoms with Crippen LogP contribution < -0.4 is 10.1 Å². The van der Waals surface area contributed by atoms with Crippen LogP contribution in [0.5, 0.6) is 5.75 Å². The Morgan fingerprint density at radius 3 is 2.88 bits per heavy atom. The van der Waals surface area contributed by atoms with Crippen molar-refractivity contribution in [3.05, 3.63) is 29.8 Å². The van der Waals surface area contributed by atoms with Crippen molar-refractivity contribution in [2.24, 2.45) is 0 Å². The Morgan fingerprint density at radius 2 is 2.25 bits per heavy atom. The molecule has 86 valence electrons. The van der Waals surface area contributed by atoms with Crippen molar-refractivity contribution in [2.45, 2.75) is 25.2 Å². The Hall–Kier alpha value is -1.51. The number of hydrogen-bond acceptors (Lipinski definition) is 2. The Balaban J connectivity index is 2.25. The topological polar surface area (TPSA) is 38.3 Å². The summed E-state index contributed by atoms with van der Waals surface area (Å²) in [7, 11) is 1.67. The summed E-state index contributed by atoms with van der Waals surface area (Å²) in [6, 6.07) is 8.08. The van der Waals surface area contributed by atoms with E-state index in [-0.39, 0.29) is 11.3 Å². The lowest BCUT2D eigenvalue weighted by atomic mass is 9.76. The zero-order valence-corrected chi connectivity index (χ0v) is 9.75. The Bertz CT molecular complexity index is 391. The first-order valence-corrected chi connectivity index (χ1v) is 5.55. The van der Waals surface area contributed by atoms with E-state index in [0.29, 0.717) is 13.0 Å². The lowest BCUT2D eigenvalue weighted by molar-refractivity contribution is -0.123. The molecule has 1 aliphatic rings. The van der Waals surface area contributed by atoms with Gasteiger partial charge in [-0.2, -0.15) is 0 Å². The highest BCUT2D eigenvalue weighted by Crippen LogP contribution is 2.32. The van der Waals surface area contributed by atoms with E-state index >= 15 is 0 Å². The predicted octanol–water partition coefficient (Wildman–Crippen LogP) is 1.86. The van der Waals surface area contributed by atoms with Crippen molar-refractivity contribution in [1.82, 2.24) is 5.32 Å². The molecular weight excluding hydrogens is 202 g/mol. The number of nitrogens with one attached hydrogen (secondary N) is 1. The SMILES string of the molecule is COc1cccc([C@@]2(C)CCC(=O)NC2)c1. The standard InChI is InChI=1S/C13H17NO2/c1-13(7-6-12(15)14-9-13)10-4-3-5-11(8-10)16-2/h3-5,8H,6-7,9H2,1-2H3,(H,14,15)/t13-/m0/s1. The van der Waals surface area contributed by atoms with Crippen LogP contribution in [0, 0.1) is 0 Å². The molecule has 0 unspecified atom stereocenters. The van der Waals surface area contributed by atoms with Crippen molar-refractivity contribution in [3.8, 4) is 5.75 Å². The van der Waals surface area contributed by atoms with Gasteiger partial charge in [0, 0.05) is 18.4 Å². The number of piperidine rings is 1. The molecule has 16 heavy (non-hydrogen) atoms. The summed E-state index contributed by atoms with van der Waals surface area (Å²) in [5.74, 6) is 1.02. The van der Waals surface area contributed by atoms with E-state index in [2.05, 4.69) is 24.4 Å². The first kappa shape index (κ1) is 11.0. The van der Waals surface area contributed by atoms with Crippen LogP contribution in [0.15, 0.2) is 24.3 Å². The fourth-order valence-electron chi connectivity index (χ4n) is 2.10. The van der Waals surface area contributed by atoms with Crippen molar-refractivity contribution in [2.75, 3.05) is 13.7 Å². The number of benzene rings is 1. The number of amides is 1. The second-order valence-electron chi connectivity index (χ2n) is 4.57. The fourth-order valence-corrected chi connectivity index (χ4v) is 2.10. The molecule has 0 aromatic heterocycles. The molecule has 3 nitrogen and oxygen atoms in total. The second-order valence-corrected chi connectivity index (χ2v) is 4.57. The molecule has 0 radical (unpaired) electrons. The zero-order valence-electron chi connectivity index (χ0n) is 9.75. The third-order valence-corrected chi connectivity index (χ3v) is 3.35. The van der Waals surface area contributed by atoms with Crippen molar-refractivity contribution in [1.29, 1.82) is 0 Å². The maximum absolute atomic E-state index is 11.2. The maximum Gasteiger partial charge on any atom is 0.220 e. The number of rotatable bonds is 2. The number of ether oxygens (including phenoxy) is 1. The van der Waals surface area contributed by atoms with Crippen LogP contribution in [0.3, 0.4) is 0 Å². The van der Waals surface area contributed by atoms with Gasteiger partial charge in [-0.3, -0.25) is 4.79 Å². The molecule has 1 aromatic carbocycles. The molecule has 1 amide bonds. The average molecular weight is 219 g/mol. The van der Waals surface area contributed by atoms with Crippen molar-refractivity contribution >= 4 is 5.91 Å². The van der Waals surface area contributed by atoms with Gasteiger partial charge in [-0.25, -0.2) is 0 Å². The summed E-state index contributed by atoms with van der Waals surface area (Å²) in [4.78, 5) is 11.2. The molecule has 1 fully saturated rings. The van der Waals surface area contributed by atoms with Crippen LogP contribution in [0.1, 0.15) is 25.3 Å². The summed E-state index contributed by atoms with van der Waals surface area (Å²) in [6.45, 7) is 2.89. The summed E-state index contributed by atoms with van der Waals surface area (Å²) in [5.41, 5.74) is 1.26. The first-order valence-electron chi connectivity index (χ1n) is 5.55. The van der Waals surface area contributed by atoms with E-state index in [1.807, 2.05) is 12.1 Å². The van der Waals surface area contributed by atoms with Gasteiger partial charge < -0.3 is 10.1 Å². The van der Waals surface area contributed by atoms with Gasteiger partial charge in [-0.05, 0) is 24.1 Å². The van der Waals surface area contributed by atoms with E-state index in [1.165, 1.54) is 5.56 Å². The summed E-state index contributed by atoms with van der Waals surface area (Å²) >= 11 is 0. The van der Waals surface area contributed by atoms with E-state index in [4.69, 9.17) is 4.74 Å². The largest absolute Gasteiger partial charge is 0.497 e. The van der Waals surface area contributed by atoms with Crippen LogP contribution >= 0.6 is 0 Å². The van der Waals surface area contributed by atoms with Gasteiger partial charge in [0.2, 0.25) is 5.91 Å². The minimum atomic E-state index is 0.0302. The molecule has 1 aliphatic heterocycles. The quantitative estimate of drug-likeness (QED) is 0.824. The molecule has 0 aliphatic carbocycles. The van der Waals surface area contributed by atoms with Gasteiger partial charge in [0.15, 0.2) is 0 Å². The van der Waals surface area contributed by atoms with Crippen molar-refractivity contribution in [3.63, 3.8) is 0 Å². The van der Waals surface area contributed by atoms with Crippen LogP contribution in [-0.2, 0) is 10.2 Å². The van der Waals surface area contributed by atoms with Crippen LogP contribution in [0.4, 0.5) is 0 Å². The Kier molecular flexibility index (Phi) is 2.86. The zero-order chi connectivity index (χ0) is 11.6. The second kappa shape index (κ2) is 4.16. The molecule has 1 N–H and O–H groups in total. The number of methoxy groups -OCH3 is 1. The molecule has 1 saturated heterocycles. The smallest absolute Gasteiger partial charge is 0.220 e. The van der Waals surface area contributed by atoms with Gasteiger partial charge in [-0.1, -0.05) is 19.1 Å². The number of hydrogen-bond donors (Lipinski definition) is 1. The van der Waals surface area contributed by atoms with Gasteiger partial charge >= 0.3 is 0 Å². The summed E-state index contributed by atoms with van der Waals surface area (Å²) in [5, 5.41) is 2.93. The third-order valence-electron chi connectivity index (χ3n) is 3.35. The molecule has 0 saturated carbocycles. The lowest BCUT2D eigenvalue weighted by Crippen LogP contribution is -2.44. The Morgan fingerprint density at radius 1 is 1.44 bits per heavy atom. The monoisotopic (exact) mass is 219 g/mol. The van der Waals surface area contributed by atoms with Gasteiger partial charge in [0.05, 0.1) is 7.11 Å². The molecule has 3 heteroatoms. The predicted molar refractivity (Wildman–Crippen MR) is 62.6 cm³/mol. The summed E-state index contributed by atoms with van der Waals surface area (Å²) in [6.07, 6.45) is 1.50. The number of carbonyl (C=O) groups excluding carboxylic acids is 1. The van der Waals surface area contributed by atoms with Gasteiger partial charge in [-0.15, -0.1) is 0 Å². The normalized spacial score (nSPS) is 25.0. The minimum Gasteiger partial charge on any atom is -0.497 e. The fraction of sp³-hybridized carbons (Fsp3) is 0.462. The molecule has 2 rings (SSSR count). The molecular formula is C13H17NO2. The molecule has 1 atom stereocenters. The van der Waals surface area contributed by atoms with Crippen LogP contribution in [-0.4, -0.2) is 19.6 Å². The van der Waals surface area contributed by atoms with Crippen LogP contribution in [0.25, 0.3) is 0 Å². The first-order chi connectivity index (χ1) is 7.64. The number of carbonyl (C=O) groups is 1. The minimum absolute atomic E-state index is 0.0302. The van der Waals surface area contributed by atoms with E-state index in [1.54, 1.807) is 7.11 Å².